The normalized spacial score (nSPS) is 11.0. The van der Waals surface area contributed by atoms with Gasteiger partial charge in [0, 0.05) is 19.1 Å². The topological polar surface area (TPSA) is 95.7 Å². The second kappa shape index (κ2) is 6.98. The van der Waals surface area contributed by atoms with Crippen molar-refractivity contribution in [2.75, 3.05) is 25.5 Å². The SMILES string of the molecule is CC(C)N(C)CCNc1cc(C(=O)O)c(F)cc1[N+](=O)[O-]. The number of hydrogen-bond donors (Lipinski definition) is 2. The molecule has 116 valence electrons. The number of anilines is 1. The summed E-state index contributed by atoms with van der Waals surface area (Å²) in [7, 11) is 1.90. The van der Waals surface area contributed by atoms with E-state index in [1.807, 2.05) is 25.8 Å². The van der Waals surface area contributed by atoms with Crippen LogP contribution in [-0.4, -0.2) is 47.1 Å². The number of carbonyl (C=O) groups is 1. The third-order valence-electron chi connectivity index (χ3n) is 3.17. The highest BCUT2D eigenvalue weighted by atomic mass is 19.1. The molecule has 0 fully saturated rings. The summed E-state index contributed by atoms with van der Waals surface area (Å²) in [6.45, 7) is 4.99. The van der Waals surface area contributed by atoms with E-state index in [0.29, 0.717) is 25.2 Å². The van der Waals surface area contributed by atoms with Crippen LogP contribution in [0.1, 0.15) is 24.2 Å². The van der Waals surface area contributed by atoms with Gasteiger partial charge in [0.05, 0.1) is 16.6 Å². The molecule has 0 aliphatic heterocycles. The third-order valence-corrected chi connectivity index (χ3v) is 3.17. The molecular formula is C13H18FN3O4. The molecule has 2 N–H and O–H groups in total. The highest BCUT2D eigenvalue weighted by Crippen LogP contribution is 2.27. The fourth-order valence-corrected chi connectivity index (χ4v) is 1.64. The minimum Gasteiger partial charge on any atom is -0.478 e. The summed E-state index contributed by atoms with van der Waals surface area (Å²) < 4.78 is 13.5. The number of nitro benzene ring substituents is 1. The minimum absolute atomic E-state index is 0.00374. The van der Waals surface area contributed by atoms with Crippen molar-refractivity contribution in [3.8, 4) is 0 Å². The maximum absolute atomic E-state index is 13.5. The van der Waals surface area contributed by atoms with E-state index in [1.54, 1.807) is 0 Å². The van der Waals surface area contributed by atoms with Crippen LogP contribution in [0.15, 0.2) is 12.1 Å². The van der Waals surface area contributed by atoms with E-state index in [1.165, 1.54) is 0 Å². The highest BCUT2D eigenvalue weighted by Gasteiger charge is 2.21. The molecule has 0 radical (unpaired) electrons. The van der Waals surface area contributed by atoms with Gasteiger partial charge in [-0.05, 0) is 27.0 Å². The van der Waals surface area contributed by atoms with Gasteiger partial charge >= 0.3 is 5.97 Å². The number of halogens is 1. The Morgan fingerprint density at radius 2 is 2.14 bits per heavy atom. The number of nitrogens with zero attached hydrogens (tertiary/aromatic N) is 2. The average Bonchev–Trinajstić information content (AvgIpc) is 2.38. The Kier molecular flexibility index (Phi) is 5.60. The van der Waals surface area contributed by atoms with Crippen LogP contribution in [0.2, 0.25) is 0 Å². The van der Waals surface area contributed by atoms with Gasteiger partial charge in [-0.15, -0.1) is 0 Å². The van der Waals surface area contributed by atoms with Crippen molar-refractivity contribution in [2.45, 2.75) is 19.9 Å². The van der Waals surface area contributed by atoms with Crippen molar-refractivity contribution in [3.05, 3.63) is 33.6 Å². The lowest BCUT2D eigenvalue weighted by Crippen LogP contribution is -2.31. The Morgan fingerprint density at radius 1 is 1.52 bits per heavy atom. The van der Waals surface area contributed by atoms with Crippen molar-refractivity contribution in [3.63, 3.8) is 0 Å². The Balaban J connectivity index is 2.95. The summed E-state index contributed by atoms with van der Waals surface area (Å²) in [5, 5.41) is 22.6. The first-order valence-corrected chi connectivity index (χ1v) is 6.39. The molecule has 0 heterocycles. The first-order valence-electron chi connectivity index (χ1n) is 6.39. The molecule has 0 aliphatic carbocycles. The summed E-state index contributed by atoms with van der Waals surface area (Å²) in [5.74, 6) is -2.59. The van der Waals surface area contributed by atoms with Crippen LogP contribution in [0.3, 0.4) is 0 Å². The van der Waals surface area contributed by atoms with Crippen LogP contribution in [-0.2, 0) is 0 Å². The molecule has 0 saturated heterocycles. The number of likely N-dealkylation sites (N-methyl/N-ethyl adjacent to an activating group) is 1. The van der Waals surface area contributed by atoms with Gasteiger partial charge in [0.25, 0.3) is 5.69 Å². The van der Waals surface area contributed by atoms with Gasteiger partial charge < -0.3 is 15.3 Å². The number of benzene rings is 1. The van der Waals surface area contributed by atoms with E-state index in [-0.39, 0.29) is 5.69 Å². The van der Waals surface area contributed by atoms with E-state index in [9.17, 15) is 19.3 Å². The average molecular weight is 299 g/mol. The number of nitrogens with one attached hydrogen (secondary N) is 1. The summed E-state index contributed by atoms with van der Waals surface area (Å²) in [6.07, 6.45) is 0. The van der Waals surface area contributed by atoms with Crippen LogP contribution in [0.5, 0.6) is 0 Å². The monoisotopic (exact) mass is 299 g/mol. The van der Waals surface area contributed by atoms with Crippen LogP contribution in [0.25, 0.3) is 0 Å². The molecule has 0 bridgehead atoms. The third kappa shape index (κ3) is 4.38. The predicted molar refractivity (Wildman–Crippen MR) is 76.3 cm³/mol. The number of nitro groups is 1. The predicted octanol–water partition coefficient (Wildman–Crippen LogP) is 2.18. The molecule has 1 aromatic carbocycles. The molecule has 0 unspecified atom stereocenters. The zero-order valence-electron chi connectivity index (χ0n) is 12.1. The van der Waals surface area contributed by atoms with Crippen LogP contribution >= 0.6 is 0 Å². The van der Waals surface area contributed by atoms with Gasteiger partial charge in [0.1, 0.15) is 11.5 Å². The minimum atomic E-state index is -1.47. The zero-order valence-corrected chi connectivity index (χ0v) is 12.1. The number of carboxylic acids is 1. The molecule has 0 atom stereocenters. The molecule has 1 aromatic rings. The lowest BCUT2D eigenvalue weighted by Gasteiger charge is -2.21. The fraction of sp³-hybridized carbons (Fsp3) is 0.462. The summed E-state index contributed by atoms with van der Waals surface area (Å²) in [5.41, 5.74) is -1.08. The second-order valence-electron chi connectivity index (χ2n) is 4.91. The number of carboxylic acid groups (broad SMARTS) is 1. The molecule has 0 saturated carbocycles. The van der Waals surface area contributed by atoms with Gasteiger partial charge in [0.2, 0.25) is 0 Å². The maximum atomic E-state index is 13.5. The Morgan fingerprint density at radius 3 is 2.62 bits per heavy atom. The lowest BCUT2D eigenvalue weighted by molar-refractivity contribution is -0.384. The van der Waals surface area contributed by atoms with E-state index < -0.39 is 28.0 Å². The standard InChI is InChI=1S/C13H18FN3O4/c1-8(2)16(3)5-4-15-11-6-9(13(18)19)10(14)7-12(11)17(20)21/h6-8,15H,4-5H2,1-3H3,(H,18,19). The molecule has 21 heavy (non-hydrogen) atoms. The smallest absolute Gasteiger partial charge is 0.338 e. The summed E-state index contributed by atoms with van der Waals surface area (Å²) in [6, 6.07) is 1.88. The highest BCUT2D eigenvalue weighted by molar-refractivity contribution is 5.90. The first-order chi connectivity index (χ1) is 9.73. The van der Waals surface area contributed by atoms with Gasteiger partial charge in [-0.25, -0.2) is 9.18 Å². The van der Waals surface area contributed by atoms with E-state index >= 15 is 0 Å². The molecule has 7 nitrogen and oxygen atoms in total. The molecule has 0 amide bonds. The van der Waals surface area contributed by atoms with Gasteiger partial charge in [0.15, 0.2) is 0 Å². The van der Waals surface area contributed by atoms with Crippen LogP contribution in [0, 0.1) is 15.9 Å². The van der Waals surface area contributed by atoms with Crippen molar-refractivity contribution in [1.29, 1.82) is 0 Å². The fourth-order valence-electron chi connectivity index (χ4n) is 1.64. The van der Waals surface area contributed by atoms with Gasteiger partial charge in [-0.1, -0.05) is 0 Å². The molecule has 8 heteroatoms. The number of aromatic carboxylic acids is 1. The van der Waals surface area contributed by atoms with Crippen molar-refractivity contribution >= 4 is 17.3 Å². The summed E-state index contributed by atoms with van der Waals surface area (Å²) >= 11 is 0. The number of rotatable bonds is 7. The Labute approximate surface area is 121 Å². The molecular weight excluding hydrogens is 281 g/mol. The molecule has 1 rings (SSSR count). The molecule has 0 aromatic heterocycles. The van der Waals surface area contributed by atoms with Crippen LogP contribution in [0.4, 0.5) is 15.8 Å². The first kappa shape index (κ1) is 16.8. The van der Waals surface area contributed by atoms with E-state index in [2.05, 4.69) is 5.32 Å². The van der Waals surface area contributed by atoms with Gasteiger partial charge in [-0.2, -0.15) is 0 Å². The second-order valence-corrected chi connectivity index (χ2v) is 4.91. The Hall–Kier alpha value is -2.22. The van der Waals surface area contributed by atoms with Crippen molar-refractivity contribution in [1.82, 2.24) is 4.90 Å². The maximum Gasteiger partial charge on any atom is 0.338 e. The van der Waals surface area contributed by atoms with Crippen LogP contribution < -0.4 is 5.32 Å². The Bertz CT molecular complexity index is 548. The van der Waals surface area contributed by atoms with E-state index in [4.69, 9.17) is 5.11 Å². The van der Waals surface area contributed by atoms with Crippen molar-refractivity contribution in [2.24, 2.45) is 0 Å². The largest absolute Gasteiger partial charge is 0.478 e. The quantitative estimate of drug-likeness (QED) is 0.592. The number of hydrogen-bond acceptors (Lipinski definition) is 5. The van der Waals surface area contributed by atoms with E-state index in [0.717, 1.165) is 6.07 Å². The summed E-state index contributed by atoms with van der Waals surface area (Å²) in [4.78, 5) is 23.0. The van der Waals surface area contributed by atoms with Gasteiger partial charge in [-0.3, -0.25) is 10.1 Å². The molecule has 0 spiro atoms. The zero-order chi connectivity index (χ0) is 16.2. The van der Waals surface area contributed by atoms with Crippen molar-refractivity contribution < 1.29 is 19.2 Å². The molecule has 0 aliphatic rings. The lowest BCUT2D eigenvalue weighted by atomic mass is 10.1.